The molecule has 6 nitrogen and oxygen atoms in total. The quantitative estimate of drug-likeness (QED) is 0.0445. The molecule has 4 rings (SSSR count). The topological polar surface area (TPSA) is 114 Å². The van der Waals surface area contributed by atoms with Crippen molar-refractivity contribution in [3.63, 3.8) is 0 Å². The van der Waals surface area contributed by atoms with Gasteiger partial charge in [0.25, 0.3) is 0 Å². The van der Waals surface area contributed by atoms with Crippen molar-refractivity contribution < 1.29 is 25.9 Å². The van der Waals surface area contributed by atoms with E-state index in [-0.39, 0.29) is 47.5 Å². The second-order valence-electron chi connectivity index (χ2n) is 14.3. The van der Waals surface area contributed by atoms with Crippen LogP contribution in [0.15, 0.2) is 70.5 Å². The summed E-state index contributed by atoms with van der Waals surface area (Å²) in [6.45, 7) is 8.67. The average molecular weight is 791 g/mol. The number of aryl methyl sites for hydroxylation is 2. The van der Waals surface area contributed by atoms with Gasteiger partial charge >= 0.3 is 37.7 Å². The van der Waals surface area contributed by atoms with Crippen molar-refractivity contribution in [2.24, 2.45) is 0 Å². The third kappa shape index (κ3) is 15.2. The molecule has 0 aliphatic heterocycles. The molecule has 0 saturated carbocycles. The molecule has 0 atom stereocenters. The van der Waals surface area contributed by atoms with Gasteiger partial charge in [0, 0.05) is 0 Å². The minimum atomic E-state index is -4.51. The first-order valence-electron chi connectivity index (χ1n) is 20.0. The third-order valence-electron chi connectivity index (χ3n) is 10.1. The first kappa shape index (κ1) is 47.6. The molecular formula is C44H62CaO6S2. The van der Waals surface area contributed by atoms with E-state index in [0.29, 0.717) is 23.6 Å². The van der Waals surface area contributed by atoms with Gasteiger partial charge in [0.15, 0.2) is 0 Å². The maximum absolute atomic E-state index is 12.1. The minimum Gasteiger partial charge on any atom is -0.744 e. The van der Waals surface area contributed by atoms with Gasteiger partial charge in [0.2, 0.25) is 0 Å². The van der Waals surface area contributed by atoms with Crippen molar-refractivity contribution in [2.45, 2.75) is 166 Å². The van der Waals surface area contributed by atoms with E-state index in [1.807, 2.05) is 24.3 Å². The fourth-order valence-electron chi connectivity index (χ4n) is 7.33. The Morgan fingerprint density at radius 2 is 0.736 bits per heavy atom. The van der Waals surface area contributed by atoms with Crippen LogP contribution >= 0.6 is 0 Å². The second-order valence-corrected chi connectivity index (χ2v) is 16.9. The van der Waals surface area contributed by atoms with Gasteiger partial charge in [-0.3, -0.25) is 0 Å². The van der Waals surface area contributed by atoms with Gasteiger partial charge < -0.3 is 9.11 Å². The van der Waals surface area contributed by atoms with Crippen LogP contribution in [0, 0.1) is 0 Å². The fraction of sp³-hybridized carbons (Fsp3) is 0.545. The maximum Gasteiger partial charge on any atom is 2.00 e. The van der Waals surface area contributed by atoms with Crippen LogP contribution in [0.2, 0.25) is 0 Å². The molecule has 4 aromatic carbocycles. The Labute approximate surface area is 351 Å². The molecule has 288 valence electrons. The summed E-state index contributed by atoms with van der Waals surface area (Å²) in [5, 5.41) is 2.85. The van der Waals surface area contributed by atoms with Gasteiger partial charge in [-0.1, -0.05) is 165 Å². The Hall–Kier alpha value is -1.52. The van der Waals surface area contributed by atoms with Crippen molar-refractivity contribution >= 4 is 79.5 Å². The van der Waals surface area contributed by atoms with Crippen molar-refractivity contribution in [1.82, 2.24) is 0 Å². The van der Waals surface area contributed by atoms with E-state index < -0.39 is 20.2 Å². The van der Waals surface area contributed by atoms with Gasteiger partial charge in [0.1, 0.15) is 20.2 Å². The van der Waals surface area contributed by atoms with Gasteiger partial charge in [-0.15, -0.1) is 0 Å². The molecule has 0 aliphatic rings. The molecule has 4 aromatic rings. The molecule has 0 unspecified atom stereocenters. The Morgan fingerprint density at radius 3 is 1.04 bits per heavy atom. The Balaban J connectivity index is 0.000000360. The first-order valence-corrected chi connectivity index (χ1v) is 22.8. The van der Waals surface area contributed by atoms with Gasteiger partial charge in [-0.25, -0.2) is 16.8 Å². The van der Waals surface area contributed by atoms with Crippen molar-refractivity contribution in [2.75, 3.05) is 0 Å². The molecule has 0 aromatic heterocycles. The largest absolute Gasteiger partial charge is 2.00 e. The molecule has 0 heterocycles. The number of hydrogen-bond donors (Lipinski definition) is 0. The van der Waals surface area contributed by atoms with Gasteiger partial charge in [-0.05, 0) is 95.2 Å². The molecule has 0 spiro atoms. The summed E-state index contributed by atoms with van der Waals surface area (Å²) >= 11 is 0. The molecule has 0 N–H and O–H groups in total. The Bertz CT molecular complexity index is 1770. The van der Waals surface area contributed by atoms with E-state index in [9.17, 15) is 25.9 Å². The summed E-state index contributed by atoms with van der Waals surface area (Å²) in [4.78, 5) is 0.0511. The van der Waals surface area contributed by atoms with Crippen LogP contribution in [-0.2, 0) is 45.9 Å². The van der Waals surface area contributed by atoms with E-state index in [2.05, 4.69) is 39.8 Å². The Kier molecular flexibility index (Phi) is 22.4. The molecule has 53 heavy (non-hydrogen) atoms. The van der Waals surface area contributed by atoms with Gasteiger partial charge in [0.05, 0.1) is 9.79 Å². The molecule has 0 aliphatic carbocycles. The van der Waals surface area contributed by atoms with Crippen LogP contribution in [0.3, 0.4) is 0 Å². The number of benzene rings is 4. The second kappa shape index (κ2) is 24.9. The van der Waals surface area contributed by atoms with Crippen LogP contribution in [0.4, 0.5) is 0 Å². The van der Waals surface area contributed by atoms with Crippen LogP contribution in [0.5, 0.6) is 0 Å². The molecule has 0 saturated heterocycles. The van der Waals surface area contributed by atoms with E-state index >= 15 is 0 Å². The standard InChI is InChI=1S/2C22H32O3S.Ca/c2*1-3-5-7-9-13-18-17-19-14-11-12-16-21(19)22(26(23,24)25)20(18)15-10-8-6-4-2;/h2*11-12,14,16-17H,3-10,13,15H2,1-2H3,(H,23,24,25);/q;;+2/p-2. The van der Waals surface area contributed by atoms with E-state index in [4.69, 9.17) is 0 Å². The molecule has 9 heteroatoms. The first-order chi connectivity index (χ1) is 25.0. The van der Waals surface area contributed by atoms with E-state index in [0.717, 1.165) is 123 Å². The monoisotopic (exact) mass is 790 g/mol. The number of fused-ring (bicyclic) bond motifs is 2. The number of hydrogen-bond acceptors (Lipinski definition) is 6. The number of unbranched alkanes of at least 4 members (excludes halogenated alkanes) is 12. The minimum absolute atomic E-state index is 0. The molecule has 0 bridgehead atoms. The Morgan fingerprint density at radius 1 is 0.434 bits per heavy atom. The fourth-order valence-corrected chi connectivity index (χ4v) is 9.31. The molecule has 0 fully saturated rings. The zero-order chi connectivity index (χ0) is 38.0. The van der Waals surface area contributed by atoms with Crippen molar-refractivity contribution in [3.05, 3.63) is 82.9 Å². The predicted octanol–water partition coefficient (Wildman–Crippen LogP) is 11.6. The molecule has 0 radical (unpaired) electrons. The summed E-state index contributed by atoms with van der Waals surface area (Å²) in [6.07, 6.45) is 20.6. The third-order valence-corrected chi connectivity index (χ3v) is 12.0. The predicted molar refractivity (Wildman–Crippen MR) is 221 cm³/mol. The molecular weight excluding hydrogens is 729 g/mol. The maximum atomic E-state index is 12.1. The van der Waals surface area contributed by atoms with Crippen LogP contribution in [-0.4, -0.2) is 63.7 Å². The summed E-state index contributed by atoms with van der Waals surface area (Å²) < 4.78 is 72.8. The number of rotatable bonds is 22. The summed E-state index contributed by atoms with van der Waals surface area (Å²) in [5.74, 6) is 0. The van der Waals surface area contributed by atoms with Gasteiger partial charge in [-0.2, -0.15) is 0 Å². The zero-order valence-electron chi connectivity index (χ0n) is 32.9. The summed E-state index contributed by atoms with van der Waals surface area (Å²) in [6, 6.07) is 18.9. The van der Waals surface area contributed by atoms with Crippen molar-refractivity contribution in [3.8, 4) is 0 Å². The molecule has 0 amide bonds. The summed E-state index contributed by atoms with van der Waals surface area (Å²) in [7, 11) is -9.02. The van der Waals surface area contributed by atoms with Crippen LogP contribution < -0.4 is 0 Å². The van der Waals surface area contributed by atoms with Crippen LogP contribution in [0.25, 0.3) is 21.5 Å². The van der Waals surface area contributed by atoms with E-state index in [1.165, 1.54) is 25.7 Å². The zero-order valence-corrected chi connectivity index (χ0v) is 36.7. The van der Waals surface area contributed by atoms with Crippen LogP contribution in [0.1, 0.15) is 153 Å². The normalized spacial score (nSPS) is 11.7. The van der Waals surface area contributed by atoms with Crippen molar-refractivity contribution in [1.29, 1.82) is 0 Å². The summed E-state index contributed by atoms with van der Waals surface area (Å²) in [5.41, 5.74) is 3.63. The average Bonchev–Trinajstić information content (AvgIpc) is 3.11. The smallest absolute Gasteiger partial charge is 0.744 e. The SMILES string of the molecule is CCCCCCc1cc2ccccc2c(S(=O)(=O)[O-])c1CCCCCC.CCCCCCc1cc2ccccc2c(S(=O)(=O)[O-])c1CCCCCC.[Ca+2]. The van der Waals surface area contributed by atoms with E-state index in [1.54, 1.807) is 24.3 Å².